The van der Waals surface area contributed by atoms with E-state index in [1.54, 1.807) is 11.8 Å². The third-order valence-electron chi connectivity index (χ3n) is 4.72. The highest BCUT2D eigenvalue weighted by Gasteiger charge is 2.25. The summed E-state index contributed by atoms with van der Waals surface area (Å²) in [5.74, 6) is 0.537. The molecule has 0 atom stereocenters. The van der Waals surface area contributed by atoms with E-state index in [2.05, 4.69) is 4.98 Å². The van der Waals surface area contributed by atoms with Crippen molar-refractivity contribution in [2.45, 2.75) is 13.3 Å². The van der Waals surface area contributed by atoms with Gasteiger partial charge in [-0.05, 0) is 12.5 Å². The molecule has 8 heteroatoms. The van der Waals surface area contributed by atoms with Gasteiger partial charge in [-0.3, -0.25) is 14.3 Å². The Morgan fingerprint density at radius 1 is 1.11 bits per heavy atom. The zero-order valence-electron chi connectivity index (χ0n) is 15.6. The number of H-pyrrole nitrogens is 1. The summed E-state index contributed by atoms with van der Waals surface area (Å²) >= 11 is 0. The van der Waals surface area contributed by atoms with Gasteiger partial charge in [-0.2, -0.15) is 0 Å². The minimum Gasteiger partial charge on any atom is -0.450 e. The second-order valence-corrected chi connectivity index (χ2v) is 6.46. The lowest BCUT2D eigenvalue weighted by Gasteiger charge is -2.35. The number of nitrogens with zero attached hydrogens (tertiary/aromatic N) is 3. The molecule has 0 aliphatic carbocycles. The number of nitrogens with one attached hydrogen (secondary N) is 1. The van der Waals surface area contributed by atoms with Gasteiger partial charge in [-0.25, -0.2) is 9.59 Å². The fraction of sp³-hybridized carbons (Fsp3) is 0.421. The summed E-state index contributed by atoms with van der Waals surface area (Å²) in [7, 11) is 1.47. The summed E-state index contributed by atoms with van der Waals surface area (Å²) in [4.78, 5) is 43.2. The molecule has 0 spiro atoms. The van der Waals surface area contributed by atoms with Gasteiger partial charge in [0.05, 0.1) is 12.2 Å². The largest absolute Gasteiger partial charge is 0.450 e. The number of aromatic nitrogens is 2. The quantitative estimate of drug-likeness (QED) is 0.863. The topological polar surface area (TPSA) is 87.6 Å². The van der Waals surface area contributed by atoms with E-state index >= 15 is 0 Å². The molecule has 1 saturated heterocycles. The number of hydrogen-bond donors (Lipinski definition) is 1. The monoisotopic (exact) mass is 372 g/mol. The van der Waals surface area contributed by atoms with Gasteiger partial charge in [0.25, 0.3) is 5.56 Å². The molecule has 1 aliphatic rings. The molecule has 1 amide bonds. The number of aromatic amines is 1. The van der Waals surface area contributed by atoms with Crippen molar-refractivity contribution in [3.63, 3.8) is 0 Å². The summed E-state index contributed by atoms with van der Waals surface area (Å²) < 4.78 is 6.13. The second-order valence-electron chi connectivity index (χ2n) is 6.46. The Kier molecular flexibility index (Phi) is 5.63. The molecule has 1 N–H and O–H groups in total. The minimum absolute atomic E-state index is 0.301. The molecule has 1 fully saturated rings. The van der Waals surface area contributed by atoms with Crippen LogP contribution in [0, 0.1) is 0 Å². The van der Waals surface area contributed by atoms with Crippen LogP contribution in [0.5, 0.6) is 0 Å². The van der Waals surface area contributed by atoms with E-state index in [9.17, 15) is 14.4 Å². The number of rotatable bonds is 4. The van der Waals surface area contributed by atoms with Gasteiger partial charge in [-0.1, -0.05) is 30.3 Å². The van der Waals surface area contributed by atoms with Gasteiger partial charge in [0.15, 0.2) is 0 Å². The van der Waals surface area contributed by atoms with E-state index in [4.69, 9.17) is 4.74 Å². The predicted octanol–water partition coefficient (Wildman–Crippen LogP) is 0.943. The van der Waals surface area contributed by atoms with Crippen LogP contribution in [0.15, 0.2) is 39.9 Å². The van der Waals surface area contributed by atoms with Crippen molar-refractivity contribution in [1.29, 1.82) is 0 Å². The fourth-order valence-corrected chi connectivity index (χ4v) is 3.21. The molecular formula is C19H24N4O4. The van der Waals surface area contributed by atoms with Crippen molar-refractivity contribution in [3.05, 3.63) is 62.3 Å². The number of piperazine rings is 1. The minimum atomic E-state index is -0.445. The van der Waals surface area contributed by atoms with Crippen molar-refractivity contribution in [2.24, 2.45) is 7.05 Å². The molecular weight excluding hydrogens is 348 g/mol. The number of anilines is 1. The third-order valence-corrected chi connectivity index (χ3v) is 4.72. The van der Waals surface area contributed by atoms with Crippen LogP contribution < -0.4 is 16.1 Å². The zero-order chi connectivity index (χ0) is 19.4. The highest BCUT2D eigenvalue weighted by molar-refractivity contribution is 5.68. The number of ether oxygens (including phenoxy) is 1. The second kappa shape index (κ2) is 8.11. The van der Waals surface area contributed by atoms with Crippen molar-refractivity contribution < 1.29 is 9.53 Å². The first-order chi connectivity index (χ1) is 13.0. The van der Waals surface area contributed by atoms with Crippen molar-refractivity contribution in [2.75, 3.05) is 37.7 Å². The molecule has 0 unspecified atom stereocenters. The van der Waals surface area contributed by atoms with Crippen LogP contribution in [-0.2, 0) is 18.2 Å². The van der Waals surface area contributed by atoms with E-state index in [0.717, 1.165) is 10.1 Å². The van der Waals surface area contributed by atoms with Gasteiger partial charge >= 0.3 is 11.8 Å². The lowest BCUT2D eigenvalue weighted by Crippen LogP contribution is -2.50. The Balaban J connectivity index is 1.88. The van der Waals surface area contributed by atoms with E-state index in [1.807, 2.05) is 35.2 Å². The lowest BCUT2D eigenvalue weighted by atomic mass is 10.1. The van der Waals surface area contributed by atoms with Crippen LogP contribution in [0.1, 0.15) is 18.1 Å². The van der Waals surface area contributed by atoms with Crippen LogP contribution in [0.3, 0.4) is 0 Å². The Hall–Kier alpha value is -3.03. The summed E-state index contributed by atoms with van der Waals surface area (Å²) in [6, 6.07) is 9.66. The summed E-state index contributed by atoms with van der Waals surface area (Å²) in [5, 5.41) is 0. The Morgan fingerprint density at radius 2 is 1.78 bits per heavy atom. The van der Waals surface area contributed by atoms with E-state index < -0.39 is 5.69 Å². The van der Waals surface area contributed by atoms with Crippen LogP contribution >= 0.6 is 0 Å². The van der Waals surface area contributed by atoms with Gasteiger partial charge in [-0.15, -0.1) is 0 Å². The molecule has 1 aliphatic heterocycles. The average molecular weight is 372 g/mol. The van der Waals surface area contributed by atoms with E-state index in [-0.39, 0.29) is 11.7 Å². The lowest BCUT2D eigenvalue weighted by molar-refractivity contribution is 0.105. The van der Waals surface area contributed by atoms with Crippen molar-refractivity contribution >= 4 is 11.9 Å². The van der Waals surface area contributed by atoms with Crippen molar-refractivity contribution in [1.82, 2.24) is 14.5 Å². The number of hydrogen-bond acceptors (Lipinski definition) is 5. The number of carbonyl (C=O) groups excluding carboxylic acids is 1. The molecule has 144 valence electrons. The SMILES string of the molecule is CCOC(=O)N1CCN(c2[nH]c(=O)n(C)c(=O)c2Cc2ccccc2)CC1. The van der Waals surface area contributed by atoms with Crippen LogP contribution in [-0.4, -0.2) is 53.3 Å². The van der Waals surface area contributed by atoms with Crippen molar-refractivity contribution in [3.8, 4) is 0 Å². The first-order valence-electron chi connectivity index (χ1n) is 9.04. The molecule has 2 aromatic rings. The van der Waals surface area contributed by atoms with Crippen LogP contribution in [0.2, 0.25) is 0 Å². The normalized spacial score (nSPS) is 14.3. The molecule has 0 radical (unpaired) electrons. The maximum atomic E-state index is 12.7. The van der Waals surface area contributed by atoms with Crippen LogP contribution in [0.25, 0.3) is 0 Å². The van der Waals surface area contributed by atoms with Gasteiger partial charge < -0.3 is 14.5 Å². The molecule has 1 aromatic carbocycles. The van der Waals surface area contributed by atoms with Gasteiger partial charge in [0.2, 0.25) is 0 Å². The molecule has 0 bridgehead atoms. The number of amides is 1. The first-order valence-corrected chi connectivity index (χ1v) is 9.04. The highest BCUT2D eigenvalue weighted by atomic mass is 16.6. The average Bonchev–Trinajstić information content (AvgIpc) is 2.69. The van der Waals surface area contributed by atoms with Gasteiger partial charge in [0, 0.05) is 39.6 Å². The Morgan fingerprint density at radius 3 is 2.41 bits per heavy atom. The summed E-state index contributed by atoms with van der Waals surface area (Å²) in [5.41, 5.74) is 0.797. The Labute approximate surface area is 157 Å². The molecule has 1 aromatic heterocycles. The zero-order valence-corrected chi connectivity index (χ0v) is 15.6. The summed E-state index contributed by atoms with van der Waals surface area (Å²) in [6.45, 7) is 4.09. The number of carbonyl (C=O) groups is 1. The standard InChI is InChI=1S/C19H24N4O4/c1-3-27-19(26)23-11-9-22(10-12-23)16-15(13-14-7-5-4-6-8-14)17(24)21(2)18(25)20-16/h4-8H,3,9-13H2,1-2H3,(H,20,25). The third kappa shape index (κ3) is 4.05. The molecule has 0 saturated carbocycles. The first kappa shape index (κ1) is 18.8. The molecule has 8 nitrogen and oxygen atoms in total. The number of benzene rings is 1. The smallest absolute Gasteiger partial charge is 0.409 e. The molecule has 2 heterocycles. The summed E-state index contributed by atoms with van der Waals surface area (Å²) in [6.07, 6.45) is 0.0942. The maximum absolute atomic E-state index is 12.7. The van der Waals surface area contributed by atoms with E-state index in [0.29, 0.717) is 50.6 Å². The Bertz CT molecular complexity index is 912. The van der Waals surface area contributed by atoms with Crippen LogP contribution in [0.4, 0.5) is 10.6 Å². The molecule has 27 heavy (non-hydrogen) atoms. The van der Waals surface area contributed by atoms with Gasteiger partial charge in [0.1, 0.15) is 5.82 Å². The highest BCUT2D eigenvalue weighted by Crippen LogP contribution is 2.19. The maximum Gasteiger partial charge on any atom is 0.409 e. The van der Waals surface area contributed by atoms with E-state index in [1.165, 1.54) is 7.05 Å². The predicted molar refractivity (Wildman–Crippen MR) is 102 cm³/mol. The fourth-order valence-electron chi connectivity index (χ4n) is 3.21. The molecule has 3 rings (SSSR count).